The molecule has 1 N–H and O–H groups in total. The van der Waals surface area contributed by atoms with Gasteiger partial charge in [-0.3, -0.25) is 0 Å². The largest absolute Gasteiger partial charge is 0.396 e. The van der Waals surface area contributed by atoms with Gasteiger partial charge in [-0.1, -0.05) is 0 Å². The van der Waals surface area contributed by atoms with Gasteiger partial charge in [-0.25, -0.2) is 4.98 Å². The molecular formula is C15H27N3O2. The number of hydrogen-bond donors (Lipinski definition) is 1. The fourth-order valence-corrected chi connectivity index (χ4v) is 3.13. The Balaban J connectivity index is 1.77. The molecule has 1 aliphatic heterocycles. The molecule has 1 atom stereocenters. The van der Waals surface area contributed by atoms with E-state index in [1.165, 1.54) is 6.42 Å². The Morgan fingerprint density at radius 3 is 3.00 bits per heavy atom. The van der Waals surface area contributed by atoms with Gasteiger partial charge in [0, 0.05) is 44.6 Å². The molecule has 1 saturated heterocycles. The van der Waals surface area contributed by atoms with Crippen molar-refractivity contribution in [1.82, 2.24) is 14.5 Å². The molecule has 1 aromatic rings. The van der Waals surface area contributed by atoms with Crippen molar-refractivity contribution in [3.05, 3.63) is 18.7 Å². The third-order valence-corrected chi connectivity index (χ3v) is 4.36. The van der Waals surface area contributed by atoms with Gasteiger partial charge in [0.1, 0.15) is 0 Å². The number of likely N-dealkylation sites (tertiary alicyclic amines) is 1. The van der Waals surface area contributed by atoms with Gasteiger partial charge in [-0.05, 0) is 38.8 Å². The van der Waals surface area contributed by atoms with E-state index in [-0.39, 0.29) is 12.0 Å². The minimum atomic E-state index is 0.0449. The minimum absolute atomic E-state index is 0.0449. The molecule has 2 rings (SSSR count). The van der Waals surface area contributed by atoms with Crippen molar-refractivity contribution in [2.75, 3.05) is 40.0 Å². The van der Waals surface area contributed by atoms with Crippen LogP contribution in [0.5, 0.6) is 0 Å². The first-order valence-electron chi connectivity index (χ1n) is 7.56. The van der Waals surface area contributed by atoms with Crippen LogP contribution in [-0.4, -0.2) is 59.5 Å². The number of ether oxygens (including phenoxy) is 1. The minimum Gasteiger partial charge on any atom is -0.396 e. The number of aliphatic hydroxyl groups excluding tert-OH is 1. The van der Waals surface area contributed by atoms with E-state index < -0.39 is 0 Å². The Labute approximate surface area is 121 Å². The van der Waals surface area contributed by atoms with E-state index in [1.54, 1.807) is 7.11 Å². The van der Waals surface area contributed by atoms with Crippen molar-refractivity contribution in [2.24, 2.45) is 5.41 Å². The van der Waals surface area contributed by atoms with Gasteiger partial charge in [0.2, 0.25) is 0 Å². The van der Waals surface area contributed by atoms with Crippen LogP contribution in [-0.2, 0) is 11.3 Å². The standard InChI is InChI=1S/C15H27N3O2/c1-20-11-5-15(13-19)4-2-7-17(12-15)8-3-9-18-10-6-16-14-18/h6,10,14,19H,2-5,7-9,11-13H2,1H3/t15-/m0/s1. The molecule has 5 nitrogen and oxygen atoms in total. The molecule has 0 aromatic carbocycles. The van der Waals surface area contributed by atoms with Crippen LogP contribution in [0.1, 0.15) is 25.7 Å². The van der Waals surface area contributed by atoms with E-state index in [0.29, 0.717) is 0 Å². The highest BCUT2D eigenvalue weighted by Crippen LogP contribution is 2.33. The lowest BCUT2D eigenvalue weighted by Crippen LogP contribution is -2.46. The third kappa shape index (κ3) is 4.30. The summed E-state index contributed by atoms with van der Waals surface area (Å²) in [5.41, 5.74) is 0.0449. The smallest absolute Gasteiger partial charge is 0.0945 e. The quantitative estimate of drug-likeness (QED) is 0.782. The number of aromatic nitrogens is 2. The monoisotopic (exact) mass is 281 g/mol. The second kappa shape index (κ2) is 7.76. The van der Waals surface area contributed by atoms with Crippen LogP contribution in [0.3, 0.4) is 0 Å². The first kappa shape index (κ1) is 15.5. The van der Waals surface area contributed by atoms with Crippen molar-refractivity contribution in [1.29, 1.82) is 0 Å². The lowest BCUT2D eigenvalue weighted by molar-refractivity contribution is 0.00696. The van der Waals surface area contributed by atoms with Gasteiger partial charge in [-0.15, -0.1) is 0 Å². The molecule has 5 heteroatoms. The summed E-state index contributed by atoms with van der Waals surface area (Å²) in [4.78, 5) is 6.55. The number of hydrogen-bond acceptors (Lipinski definition) is 4. The summed E-state index contributed by atoms with van der Waals surface area (Å²) in [5, 5.41) is 9.77. The van der Waals surface area contributed by atoms with Gasteiger partial charge in [-0.2, -0.15) is 0 Å². The van der Waals surface area contributed by atoms with E-state index >= 15 is 0 Å². The maximum Gasteiger partial charge on any atom is 0.0945 e. The maximum absolute atomic E-state index is 9.77. The topological polar surface area (TPSA) is 50.5 Å². The van der Waals surface area contributed by atoms with Crippen LogP contribution < -0.4 is 0 Å². The van der Waals surface area contributed by atoms with Crippen LogP contribution in [0.25, 0.3) is 0 Å². The Hall–Kier alpha value is -0.910. The molecule has 0 saturated carbocycles. The summed E-state index contributed by atoms with van der Waals surface area (Å²) in [7, 11) is 1.73. The summed E-state index contributed by atoms with van der Waals surface area (Å²) in [6.07, 6.45) is 10.1. The van der Waals surface area contributed by atoms with Gasteiger partial charge in [0.05, 0.1) is 12.9 Å². The zero-order valence-electron chi connectivity index (χ0n) is 12.5. The highest BCUT2D eigenvalue weighted by Gasteiger charge is 2.34. The fourth-order valence-electron chi connectivity index (χ4n) is 3.13. The molecule has 20 heavy (non-hydrogen) atoms. The second-order valence-corrected chi connectivity index (χ2v) is 5.93. The molecule has 1 fully saturated rings. The molecule has 0 aliphatic carbocycles. The van der Waals surface area contributed by atoms with Crippen LogP contribution in [0, 0.1) is 5.41 Å². The number of nitrogens with zero attached hydrogens (tertiary/aromatic N) is 3. The van der Waals surface area contributed by atoms with Crippen LogP contribution in [0.2, 0.25) is 0 Å². The van der Waals surface area contributed by atoms with Gasteiger partial charge < -0.3 is 19.3 Å². The average Bonchev–Trinajstić information content (AvgIpc) is 2.99. The van der Waals surface area contributed by atoms with Gasteiger partial charge >= 0.3 is 0 Å². The predicted octanol–water partition coefficient (Wildman–Crippen LogP) is 1.38. The molecule has 0 bridgehead atoms. The molecule has 114 valence electrons. The van der Waals surface area contributed by atoms with Crippen molar-refractivity contribution >= 4 is 0 Å². The molecule has 0 amide bonds. The SMILES string of the molecule is COCC[C@@]1(CO)CCCN(CCCn2ccnc2)C1. The lowest BCUT2D eigenvalue weighted by atomic mass is 9.78. The Morgan fingerprint density at radius 1 is 1.40 bits per heavy atom. The summed E-state index contributed by atoms with van der Waals surface area (Å²) in [6.45, 7) is 5.26. The van der Waals surface area contributed by atoms with Gasteiger partial charge in [0.15, 0.2) is 0 Å². The number of rotatable bonds is 8. The van der Waals surface area contributed by atoms with Crippen LogP contribution in [0.15, 0.2) is 18.7 Å². The Morgan fingerprint density at radius 2 is 2.30 bits per heavy atom. The average molecular weight is 281 g/mol. The Kier molecular flexibility index (Phi) is 6.01. The molecule has 0 radical (unpaired) electrons. The normalized spacial score (nSPS) is 24.1. The molecule has 1 aromatic heterocycles. The fraction of sp³-hybridized carbons (Fsp3) is 0.800. The van der Waals surface area contributed by atoms with Crippen molar-refractivity contribution < 1.29 is 9.84 Å². The van der Waals surface area contributed by atoms with E-state index in [0.717, 1.165) is 52.0 Å². The molecule has 2 heterocycles. The lowest BCUT2D eigenvalue weighted by Gasteiger charge is -2.42. The number of aryl methyl sites for hydroxylation is 1. The third-order valence-electron chi connectivity index (χ3n) is 4.36. The first-order valence-corrected chi connectivity index (χ1v) is 7.56. The van der Waals surface area contributed by atoms with Gasteiger partial charge in [0.25, 0.3) is 0 Å². The number of piperidine rings is 1. The molecule has 0 unspecified atom stereocenters. The second-order valence-electron chi connectivity index (χ2n) is 5.93. The first-order chi connectivity index (χ1) is 9.78. The number of aliphatic hydroxyl groups is 1. The van der Waals surface area contributed by atoms with Crippen molar-refractivity contribution in [3.8, 4) is 0 Å². The molecular weight excluding hydrogens is 254 g/mol. The Bertz CT molecular complexity index is 369. The van der Waals surface area contributed by atoms with Crippen LogP contribution in [0.4, 0.5) is 0 Å². The van der Waals surface area contributed by atoms with E-state index in [4.69, 9.17) is 4.74 Å². The summed E-state index contributed by atoms with van der Waals surface area (Å²) in [5.74, 6) is 0. The molecule has 0 spiro atoms. The summed E-state index contributed by atoms with van der Waals surface area (Å²) >= 11 is 0. The summed E-state index contributed by atoms with van der Waals surface area (Å²) in [6, 6.07) is 0. The number of methoxy groups -OCH3 is 1. The predicted molar refractivity (Wildman–Crippen MR) is 78.5 cm³/mol. The highest BCUT2D eigenvalue weighted by atomic mass is 16.5. The van der Waals surface area contributed by atoms with Crippen molar-refractivity contribution in [2.45, 2.75) is 32.2 Å². The van der Waals surface area contributed by atoms with Crippen LogP contribution >= 0.6 is 0 Å². The van der Waals surface area contributed by atoms with E-state index in [2.05, 4.69) is 14.5 Å². The van der Waals surface area contributed by atoms with E-state index in [1.807, 2.05) is 18.7 Å². The maximum atomic E-state index is 9.77. The van der Waals surface area contributed by atoms with E-state index in [9.17, 15) is 5.11 Å². The summed E-state index contributed by atoms with van der Waals surface area (Å²) < 4.78 is 7.32. The zero-order chi connectivity index (χ0) is 14.3. The van der Waals surface area contributed by atoms with Crippen molar-refractivity contribution in [3.63, 3.8) is 0 Å². The number of imidazole rings is 1. The zero-order valence-corrected chi connectivity index (χ0v) is 12.5. The molecule has 1 aliphatic rings. The highest BCUT2D eigenvalue weighted by molar-refractivity contribution is 4.87.